The van der Waals surface area contributed by atoms with Crippen LogP contribution in [0.15, 0.2) is 36.8 Å². The van der Waals surface area contributed by atoms with Gasteiger partial charge in [0.25, 0.3) is 0 Å². The molecule has 0 aliphatic carbocycles. The molecule has 0 bridgehead atoms. The molecule has 2 aromatic rings. The minimum absolute atomic E-state index is 0.798. The van der Waals surface area contributed by atoms with Crippen LogP contribution in [0.25, 0.3) is 11.4 Å². The average molecular weight is 189 g/mol. The van der Waals surface area contributed by atoms with E-state index in [0.717, 1.165) is 16.8 Å². The molecule has 2 heterocycles. The average Bonchev–Trinajstić information content (AvgIpc) is 2.19. The minimum atomic E-state index is 0.798. The van der Waals surface area contributed by atoms with Crippen LogP contribution in [0.4, 0.5) is 0 Å². The molecule has 2 rings (SSSR count). The topological polar surface area (TPSA) is 38.7 Å². The molecule has 64 valence electrons. The van der Waals surface area contributed by atoms with E-state index >= 15 is 0 Å². The van der Waals surface area contributed by atoms with Gasteiger partial charge in [-0.25, -0.2) is 4.98 Å². The van der Waals surface area contributed by atoms with Crippen molar-refractivity contribution in [1.82, 2.24) is 15.0 Å². The third-order valence-electron chi connectivity index (χ3n) is 1.60. The van der Waals surface area contributed by atoms with Crippen LogP contribution in [-0.2, 0) is 0 Å². The first-order valence-corrected chi connectivity index (χ1v) is 4.43. The first-order chi connectivity index (χ1) is 6.36. The minimum Gasteiger partial charge on any atom is -0.261 e. The summed E-state index contributed by atoms with van der Waals surface area (Å²) >= 11 is 0. The number of nitrogens with zero attached hydrogens (tertiary/aromatic N) is 3. The highest BCUT2D eigenvalue weighted by atomic mass is 31.0. The van der Waals surface area contributed by atoms with E-state index < -0.39 is 0 Å². The molecule has 0 amide bonds. The van der Waals surface area contributed by atoms with E-state index in [1.165, 1.54) is 0 Å². The zero-order valence-corrected chi connectivity index (χ0v) is 8.04. The third kappa shape index (κ3) is 1.87. The molecule has 0 aliphatic heterocycles. The van der Waals surface area contributed by atoms with Crippen LogP contribution >= 0.6 is 9.24 Å². The number of rotatable bonds is 1. The Kier molecular flexibility index (Phi) is 2.28. The molecule has 0 spiro atoms. The molecule has 0 radical (unpaired) electrons. The van der Waals surface area contributed by atoms with E-state index in [9.17, 15) is 0 Å². The number of pyridine rings is 1. The molecule has 13 heavy (non-hydrogen) atoms. The van der Waals surface area contributed by atoms with Crippen LogP contribution in [-0.4, -0.2) is 15.0 Å². The summed E-state index contributed by atoms with van der Waals surface area (Å²) in [5.41, 5.74) is 2.55. The fourth-order valence-electron chi connectivity index (χ4n) is 1.03. The van der Waals surface area contributed by atoms with Gasteiger partial charge in [-0.05, 0) is 12.1 Å². The lowest BCUT2D eigenvalue weighted by molar-refractivity contribution is 1.18. The molecule has 1 unspecified atom stereocenters. The molecule has 3 nitrogen and oxygen atoms in total. The predicted octanol–water partition coefficient (Wildman–Crippen LogP) is 1.04. The lowest BCUT2D eigenvalue weighted by Crippen LogP contribution is -1.98. The molecular formula is C9H8N3P. The van der Waals surface area contributed by atoms with Gasteiger partial charge in [-0.3, -0.25) is 9.97 Å². The molecule has 0 aliphatic rings. The van der Waals surface area contributed by atoms with Gasteiger partial charge in [-0.1, -0.05) is 15.3 Å². The van der Waals surface area contributed by atoms with Crippen molar-refractivity contribution in [2.45, 2.75) is 0 Å². The van der Waals surface area contributed by atoms with Crippen LogP contribution in [0.2, 0.25) is 0 Å². The highest BCUT2D eigenvalue weighted by Gasteiger charge is 1.98. The Bertz CT molecular complexity index is 403. The SMILES string of the molecule is Pc1cccc(-c2cnccn2)n1. The van der Waals surface area contributed by atoms with Crippen LogP contribution < -0.4 is 5.44 Å². The van der Waals surface area contributed by atoms with E-state index in [0.29, 0.717) is 0 Å². The molecule has 0 aromatic carbocycles. The maximum absolute atomic E-state index is 4.30. The second kappa shape index (κ2) is 3.58. The third-order valence-corrected chi connectivity index (χ3v) is 1.92. The lowest BCUT2D eigenvalue weighted by Gasteiger charge is -1.98. The Morgan fingerprint density at radius 1 is 1.08 bits per heavy atom. The monoisotopic (exact) mass is 189 g/mol. The van der Waals surface area contributed by atoms with Crippen molar-refractivity contribution in [3.8, 4) is 11.4 Å². The van der Waals surface area contributed by atoms with Crippen LogP contribution in [0, 0.1) is 0 Å². The zero-order chi connectivity index (χ0) is 9.10. The summed E-state index contributed by atoms with van der Waals surface area (Å²) in [6, 6.07) is 5.78. The van der Waals surface area contributed by atoms with Gasteiger partial charge in [0.2, 0.25) is 0 Å². The van der Waals surface area contributed by atoms with E-state index in [1.807, 2.05) is 18.2 Å². The molecule has 4 heteroatoms. The maximum Gasteiger partial charge on any atom is 0.107 e. The smallest absolute Gasteiger partial charge is 0.107 e. The van der Waals surface area contributed by atoms with Crippen molar-refractivity contribution >= 4 is 14.7 Å². The normalized spacial score (nSPS) is 9.92. The van der Waals surface area contributed by atoms with Gasteiger partial charge in [0, 0.05) is 12.4 Å². The van der Waals surface area contributed by atoms with Crippen molar-refractivity contribution in [3.05, 3.63) is 36.8 Å². The summed E-state index contributed by atoms with van der Waals surface area (Å²) < 4.78 is 0. The van der Waals surface area contributed by atoms with Crippen LogP contribution in [0.5, 0.6) is 0 Å². The maximum atomic E-state index is 4.30. The number of hydrogen-bond donors (Lipinski definition) is 0. The predicted molar refractivity (Wildman–Crippen MR) is 54.6 cm³/mol. The molecule has 2 aromatic heterocycles. The summed E-state index contributed by atoms with van der Waals surface area (Å²) in [5.74, 6) is 0. The van der Waals surface area contributed by atoms with Crippen LogP contribution in [0.3, 0.4) is 0 Å². The van der Waals surface area contributed by atoms with E-state index in [2.05, 4.69) is 24.2 Å². The van der Waals surface area contributed by atoms with Gasteiger partial charge in [0.05, 0.1) is 17.3 Å². The van der Waals surface area contributed by atoms with Crippen molar-refractivity contribution in [2.24, 2.45) is 0 Å². The van der Waals surface area contributed by atoms with Gasteiger partial charge in [0.1, 0.15) is 5.69 Å². The quantitative estimate of drug-likeness (QED) is 0.629. The van der Waals surface area contributed by atoms with Gasteiger partial charge in [-0.15, -0.1) is 0 Å². The van der Waals surface area contributed by atoms with Gasteiger partial charge in [-0.2, -0.15) is 0 Å². The molecule has 1 atom stereocenters. The highest BCUT2D eigenvalue weighted by Crippen LogP contribution is 2.09. The van der Waals surface area contributed by atoms with Crippen molar-refractivity contribution < 1.29 is 0 Å². The first kappa shape index (κ1) is 8.27. The molecule has 0 fully saturated rings. The lowest BCUT2D eigenvalue weighted by atomic mass is 10.3. The Hall–Kier alpha value is -1.34. The standard InChI is InChI=1S/C9H8N3P/c13-9-3-1-2-7(12-9)8-6-10-4-5-11-8/h1-6H,13H2. The molecule has 0 N–H and O–H groups in total. The molecule has 0 saturated carbocycles. The van der Waals surface area contributed by atoms with Gasteiger partial charge >= 0.3 is 0 Å². The summed E-state index contributed by atoms with van der Waals surface area (Å²) in [6.07, 6.45) is 5.01. The summed E-state index contributed by atoms with van der Waals surface area (Å²) in [5, 5.41) is 0. The number of hydrogen-bond acceptors (Lipinski definition) is 3. The zero-order valence-electron chi connectivity index (χ0n) is 6.88. The van der Waals surface area contributed by atoms with E-state index in [4.69, 9.17) is 0 Å². The van der Waals surface area contributed by atoms with Crippen molar-refractivity contribution in [3.63, 3.8) is 0 Å². The Balaban J connectivity index is 2.48. The Labute approximate surface area is 78.5 Å². The van der Waals surface area contributed by atoms with Crippen LogP contribution in [0.1, 0.15) is 0 Å². The molecular weight excluding hydrogens is 181 g/mol. The second-order valence-electron chi connectivity index (χ2n) is 2.54. The molecule has 0 saturated heterocycles. The van der Waals surface area contributed by atoms with Gasteiger partial charge < -0.3 is 0 Å². The van der Waals surface area contributed by atoms with E-state index in [1.54, 1.807) is 18.6 Å². The number of aromatic nitrogens is 3. The Morgan fingerprint density at radius 3 is 2.69 bits per heavy atom. The second-order valence-corrected chi connectivity index (χ2v) is 3.13. The summed E-state index contributed by atoms with van der Waals surface area (Å²) in [6.45, 7) is 0. The first-order valence-electron chi connectivity index (χ1n) is 3.85. The van der Waals surface area contributed by atoms with Crippen molar-refractivity contribution in [1.29, 1.82) is 0 Å². The van der Waals surface area contributed by atoms with Crippen molar-refractivity contribution in [2.75, 3.05) is 0 Å². The highest BCUT2D eigenvalue weighted by molar-refractivity contribution is 7.26. The fourth-order valence-corrected chi connectivity index (χ4v) is 1.28. The van der Waals surface area contributed by atoms with Gasteiger partial charge in [0.15, 0.2) is 0 Å². The summed E-state index contributed by atoms with van der Waals surface area (Å²) in [4.78, 5) is 12.4. The summed E-state index contributed by atoms with van der Waals surface area (Å²) in [7, 11) is 2.55. The Morgan fingerprint density at radius 2 is 2.00 bits per heavy atom. The van der Waals surface area contributed by atoms with E-state index in [-0.39, 0.29) is 0 Å². The fraction of sp³-hybridized carbons (Fsp3) is 0. The largest absolute Gasteiger partial charge is 0.261 e.